The summed E-state index contributed by atoms with van der Waals surface area (Å²) in [4.78, 5) is 4.96. The molecule has 0 N–H and O–H groups in total. The molecule has 1 nitrogen and oxygen atoms in total. The van der Waals surface area contributed by atoms with Crippen LogP contribution >= 0.6 is 11.3 Å². The van der Waals surface area contributed by atoms with Crippen molar-refractivity contribution in [1.29, 1.82) is 0 Å². The molecular formula is C56H33NS. The standard InChI is InChI=1S/C56H33NS/c1-5-21-48-42(14-1)43-15-2-6-22-49(43)56(48)50-23-7-3-16-44(50)45-28-27-36(33-51(45)56)37-30-38(40-18-9-12-34-25-26-35-13-11-29-57-54(35)53(34)40)32-39(31-37)41-19-10-20-47-46-17-4-8-24-52(46)58-55(41)47/h1-33H. The van der Waals surface area contributed by atoms with Crippen LogP contribution in [0.15, 0.2) is 200 Å². The molecule has 0 amide bonds. The Hall–Kier alpha value is -7.13. The van der Waals surface area contributed by atoms with Gasteiger partial charge in [-0.2, -0.15) is 0 Å². The smallest absolute Gasteiger partial charge is 0.0786 e. The summed E-state index contributed by atoms with van der Waals surface area (Å²) in [5.41, 5.74) is 18.6. The first kappa shape index (κ1) is 32.0. The number of pyridine rings is 1. The van der Waals surface area contributed by atoms with E-state index in [4.69, 9.17) is 4.98 Å². The minimum atomic E-state index is -0.404. The van der Waals surface area contributed by atoms with E-state index >= 15 is 0 Å². The molecule has 0 unspecified atom stereocenters. The van der Waals surface area contributed by atoms with E-state index in [0.29, 0.717) is 0 Å². The van der Waals surface area contributed by atoms with Gasteiger partial charge < -0.3 is 0 Å². The summed E-state index contributed by atoms with van der Waals surface area (Å²) in [6.45, 7) is 0. The van der Waals surface area contributed by atoms with Crippen molar-refractivity contribution >= 4 is 53.2 Å². The molecule has 0 atom stereocenters. The summed E-state index contributed by atoms with van der Waals surface area (Å²) in [6, 6.07) is 72.6. The molecule has 0 fully saturated rings. The maximum absolute atomic E-state index is 4.96. The van der Waals surface area contributed by atoms with E-state index in [-0.39, 0.29) is 0 Å². The molecule has 0 aliphatic heterocycles. The normalized spacial score (nSPS) is 13.3. The molecule has 268 valence electrons. The molecular weight excluding hydrogens is 719 g/mol. The Morgan fingerprint density at radius 1 is 0.362 bits per heavy atom. The van der Waals surface area contributed by atoms with E-state index in [1.54, 1.807) is 0 Å². The Balaban J connectivity index is 1.11. The summed E-state index contributed by atoms with van der Waals surface area (Å²) in [5.74, 6) is 0. The van der Waals surface area contributed by atoms with Gasteiger partial charge in [-0.3, -0.25) is 4.98 Å². The van der Waals surface area contributed by atoms with Crippen LogP contribution in [-0.2, 0) is 5.41 Å². The van der Waals surface area contributed by atoms with Crippen molar-refractivity contribution in [3.05, 3.63) is 223 Å². The minimum Gasteiger partial charge on any atom is -0.256 e. The number of hydrogen-bond donors (Lipinski definition) is 0. The summed E-state index contributed by atoms with van der Waals surface area (Å²) in [6.07, 6.45) is 1.92. The fourth-order valence-electron chi connectivity index (χ4n) is 10.5. The second-order valence-electron chi connectivity index (χ2n) is 15.8. The van der Waals surface area contributed by atoms with E-state index in [2.05, 4.69) is 188 Å². The van der Waals surface area contributed by atoms with E-state index in [9.17, 15) is 0 Å². The number of fused-ring (bicyclic) bond motifs is 16. The Morgan fingerprint density at radius 2 is 0.931 bits per heavy atom. The van der Waals surface area contributed by atoms with Crippen LogP contribution in [0.25, 0.3) is 97.5 Å². The van der Waals surface area contributed by atoms with Crippen molar-refractivity contribution < 1.29 is 0 Å². The predicted octanol–water partition coefficient (Wildman–Crippen LogP) is 15.1. The van der Waals surface area contributed by atoms with Gasteiger partial charge >= 0.3 is 0 Å². The van der Waals surface area contributed by atoms with Crippen LogP contribution < -0.4 is 0 Å². The van der Waals surface area contributed by atoms with Gasteiger partial charge in [0.1, 0.15) is 0 Å². The molecule has 0 radical (unpaired) electrons. The highest BCUT2D eigenvalue weighted by molar-refractivity contribution is 7.26. The maximum atomic E-state index is 4.96. The van der Waals surface area contributed by atoms with Gasteiger partial charge in [0.25, 0.3) is 0 Å². The molecule has 0 bridgehead atoms. The third kappa shape index (κ3) is 4.27. The molecule has 2 aliphatic carbocycles. The van der Waals surface area contributed by atoms with Crippen molar-refractivity contribution in [3.8, 4) is 55.6 Å². The molecule has 0 saturated heterocycles. The Labute approximate surface area is 340 Å². The number of hydrogen-bond acceptors (Lipinski definition) is 2. The number of aromatic nitrogens is 1. The zero-order valence-electron chi connectivity index (χ0n) is 31.4. The highest BCUT2D eigenvalue weighted by Crippen LogP contribution is 2.63. The van der Waals surface area contributed by atoms with Crippen molar-refractivity contribution in [2.75, 3.05) is 0 Å². The van der Waals surface area contributed by atoms with Gasteiger partial charge in [-0.05, 0) is 120 Å². The van der Waals surface area contributed by atoms with Crippen LogP contribution in [0.5, 0.6) is 0 Å². The summed E-state index contributed by atoms with van der Waals surface area (Å²) in [7, 11) is 0. The van der Waals surface area contributed by atoms with Crippen LogP contribution in [-0.4, -0.2) is 4.98 Å². The Bertz CT molecular complexity index is 3470. The number of thiophene rings is 1. The maximum Gasteiger partial charge on any atom is 0.0786 e. The average Bonchev–Trinajstić information content (AvgIpc) is 3.93. The van der Waals surface area contributed by atoms with Gasteiger partial charge in [0.15, 0.2) is 0 Å². The highest BCUT2D eigenvalue weighted by Gasteiger charge is 2.51. The van der Waals surface area contributed by atoms with Gasteiger partial charge in [0, 0.05) is 37.1 Å². The lowest BCUT2D eigenvalue weighted by molar-refractivity contribution is 0.794. The molecule has 58 heavy (non-hydrogen) atoms. The molecule has 2 heteroatoms. The first-order valence-corrected chi connectivity index (χ1v) is 20.8. The fourth-order valence-corrected chi connectivity index (χ4v) is 11.7. The predicted molar refractivity (Wildman–Crippen MR) is 245 cm³/mol. The van der Waals surface area contributed by atoms with Crippen LogP contribution in [0.4, 0.5) is 0 Å². The largest absolute Gasteiger partial charge is 0.256 e. The van der Waals surface area contributed by atoms with Crippen LogP contribution in [0.3, 0.4) is 0 Å². The molecule has 2 aliphatic rings. The van der Waals surface area contributed by atoms with E-state index < -0.39 is 5.41 Å². The topological polar surface area (TPSA) is 12.9 Å². The first-order chi connectivity index (χ1) is 28.8. The molecule has 9 aromatic carbocycles. The van der Waals surface area contributed by atoms with Gasteiger partial charge in [0.05, 0.1) is 10.9 Å². The lowest BCUT2D eigenvalue weighted by atomic mass is 9.70. The quantitative estimate of drug-likeness (QED) is 0.164. The minimum absolute atomic E-state index is 0.404. The number of nitrogens with zero attached hydrogens (tertiary/aromatic N) is 1. The summed E-state index contributed by atoms with van der Waals surface area (Å²) in [5, 5.41) is 6.15. The molecule has 1 spiro atoms. The molecule has 11 aromatic rings. The molecule has 0 saturated carbocycles. The zero-order chi connectivity index (χ0) is 38.0. The Morgan fingerprint density at radius 3 is 1.71 bits per heavy atom. The summed E-state index contributed by atoms with van der Waals surface area (Å²) >= 11 is 1.89. The third-order valence-electron chi connectivity index (χ3n) is 12.9. The molecule has 2 heterocycles. The van der Waals surface area contributed by atoms with E-state index in [1.165, 1.54) is 109 Å². The van der Waals surface area contributed by atoms with E-state index in [0.717, 1.165) is 10.9 Å². The SMILES string of the molecule is c1ccc2c(c1)-c1ccccc1C21c2ccccc2-c2ccc(-c3cc(-c4cccc5c4sc4ccccc45)cc(-c4cccc5ccc6cccnc6c45)c3)cc21. The Kier molecular flexibility index (Phi) is 6.59. The van der Waals surface area contributed by atoms with Crippen molar-refractivity contribution in [2.24, 2.45) is 0 Å². The zero-order valence-corrected chi connectivity index (χ0v) is 32.2. The monoisotopic (exact) mass is 751 g/mol. The molecule has 2 aromatic heterocycles. The van der Waals surface area contributed by atoms with Gasteiger partial charge in [0.2, 0.25) is 0 Å². The van der Waals surface area contributed by atoms with Crippen LogP contribution in [0, 0.1) is 0 Å². The average molecular weight is 752 g/mol. The fraction of sp³-hybridized carbons (Fsp3) is 0.0179. The van der Waals surface area contributed by atoms with Crippen LogP contribution in [0.1, 0.15) is 22.3 Å². The lowest BCUT2D eigenvalue weighted by Crippen LogP contribution is -2.25. The molecule has 13 rings (SSSR count). The lowest BCUT2D eigenvalue weighted by Gasteiger charge is -2.30. The van der Waals surface area contributed by atoms with Crippen molar-refractivity contribution in [2.45, 2.75) is 5.41 Å². The number of rotatable bonds is 3. The second kappa shape index (κ2) is 11.9. The van der Waals surface area contributed by atoms with Crippen molar-refractivity contribution in [3.63, 3.8) is 0 Å². The third-order valence-corrected chi connectivity index (χ3v) is 14.1. The number of benzene rings is 9. The highest BCUT2D eigenvalue weighted by atomic mass is 32.1. The van der Waals surface area contributed by atoms with Crippen molar-refractivity contribution in [1.82, 2.24) is 4.98 Å². The van der Waals surface area contributed by atoms with Gasteiger partial charge in [-0.15, -0.1) is 11.3 Å². The summed E-state index contributed by atoms with van der Waals surface area (Å²) < 4.78 is 2.63. The van der Waals surface area contributed by atoms with Gasteiger partial charge in [-0.1, -0.05) is 158 Å². The van der Waals surface area contributed by atoms with Crippen LogP contribution in [0.2, 0.25) is 0 Å². The van der Waals surface area contributed by atoms with Gasteiger partial charge in [-0.25, -0.2) is 0 Å². The second-order valence-corrected chi connectivity index (χ2v) is 16.8. The van der Waals surface area contributed by atoms with E-state index in [1.807, 2.05) is 23.6 Å². The first-order valence-electron chi connectivity index (χ1n) is 20.0.